The molecule has 0 aliphatic carbocycles. The quantitative estimate of drug-likeness (QED) is 0.528. The Hall–Kier alpha value is -2.83. The largest absolute Gasteiger partial charge is 0.348 e. The summed E-state index contributed by atoms with van der Waals surface area (Å²) in [6, 6.07) is 20.5. The fourth-order valence-electron chi connectivity index (χ4n) is 2.87. The molecule has 3 aromatic carbocycles. The second-order valence-electron chi connectivity index (χ2n) is 7.19. The number of carbonyl (C=O) groups is 1. The number of hydrogen-bond acceptors (Lipinski definition) is 3. The van der Waals surface area contributed by atoms with Crippen LogP contribution in [0, 0.1) is 0 Å². The molecule has 0 radical (unpaired) electrons. The van der Waals surface area contributed by atoms with Crippen LogP contribution in [0.5, 0.6) is 0 Å². The highest BCUT2D eigenvalue weighted by Crippen LogP contribution is 2.23. The lowest BCUT2D eigenvalue weighted by Gasteiger charge is -2.12. The zero-order valence-electron chi connectivity index (χ0n) is 16.7. The van der Waals surface area contributed by atoms with Crippen molar-refractivity contribution in [2.45, 2.75) is 31.2 Å². The number of nitrogens with one attached hydrogen (secondary N) is 2. The van der Waals surface area contributed by atoms with Gasteiger partial charge in [0.05, 0.1) is 15.5 Å². The minimum atomic E-state index is -3.76. The lowest BCUT2D eigenvalue weighted by Crippen LogP contribution is -2.23. The smallest absolute Gasteiger partial charge is 0.261 e. The molecular weight excluding hydrogens is 420 g/mol. The van der Waals surface area contributed by atoms with Gasteiger partial charge in [0, 0.05) is 12.2 Å². The van der Waals surface area contributed by atoms with E-state index >= 15 is 0 Å². The molecule has 0 aromatic heterocycles. The van der Waals surface area contributed by atoms with Gasteiger partial charge < -0.3 is 5.32 Å². The zero-order valence-corrected chi connectivity index (χ0v) is 18.3. The summed E-state index contributed by atoms with van der Waals surface area (Å²) >= 11 is 6.18. The molecule has 0 atom stereocenters. The first-order valence-electron chi connectivity index (χ1n) is 9.51. The van der Waals surface area contributed by atoms with Crippen molar-refractivity contribution in [2.75, 3.05) is 4.72 Å². The molecule has 0 aliphatic rings. The van der Waals surface area contributed by atoms with Crippen LogP contribution in [0.1, 0.15) is 41.3 Å². The molecule has 3 rings (SSSR count). The van der Waals surface area contributed by atoms with Gasteiger partial charge in [0.2, 0.25) is 0 Å². The first kappa shape index (κ1) is 21.9. The van der Waals surface area contributed by atoms with Gasteiger partial charge in [-0.1, -0.05) is 67.9 Å². The summed E-state index contributed by atoms with van der Waals surface area (Å²) in [5, 5.41) is 3.07. The molecule has 0 heterocycles. The fourth-order valence-corrected chi connectivity index (χ4v) is 4.15. The maximum atomic E-state index is 12.6. The number of benzene rings is 3. The molecule has 0 saturated heterocycles. The van der Waals surface area contributed by atoms with Crippen LogP contribution >= 0.6 is 11.6 Å². The van der Waals surface area contributed by atoms with E-state index in [4.69, 9.17) is 11.6 Å². The number of sulfonamides is 1. The van der Waals surface area contributed by atoms with Crippen molar-refractivity contribution >= 4 is 33.2 Å². The third kappa shape index (κ3) is 5.40. The van der Waals surface area contributed by atoms with Crippen LogP contribution in [0.15, 0.2) is 77.7 Å². The van der Waals surface area contributed by atoms with Crippen molar-refractivity contribution in [2.24, 2.45) is 0 Å². The number of anilines is 1. The summed E-state index contributed by atoms with van der Waals surface area (Å²) in [5.74, 6) is 0.0588. The van der Waals surface area contributed by atoms with Gasteiger partial charge in [-0.25, -0.2) is 8.42 Å². The summed E-state index contributed by atoms with van der Waals surface area (Å²) in [5.41, 5.74) is 2.65. The predicted octanol–water partition coefficient (Wildman–Crippen LogP) is 5.19. The van der Waals surface area contributed by atoms with Crippen molar-refractivity contribution in [3.05, 3.63) is 94.5 Å². The van der Waals surface area contributed by atoms with Crippen molar-refractivity contribution in [1.29, 1.82) is 0 Å². The molecular formula is C23H23ClN2O3S. The Balaban J connectivity index is 1.72. The number of hydrogen-bond donors (Lipinski definition) is 2. The summed E-state index contributed by atoms with van der Waals surface area (Å²) in [4.78, 5) is 12.8. The van der Waals surface area contributed by atoms with E-state index in [0.717, 1.165) is 5.56 Å². The van der Waals surface area contributed by atoms with Crippen LogP contribution in [-0.2, 0) is 16.6 Å². The topological polar surface area (TPSA) is 75.3 Å². The van der Waals surface area contributed by atoms with Crippen molar-refractivity contribution in [3.63, 3.8) is 0 Å². The Morgan fingerprint density at radius 3 is 2.27 bits per heavy atom. The molecule has 0 unspecified atom stereocenters. The second kappa shape index (κ2) is 9.32. The molecule has 7 heteroatoms. The molecule has 3 aromatic rings. The molecule has 30 heavy (non-hydrogen) atoms. The highest BCUT2D eigenvalue weighted by Gasteiger charge is 2.16. The number of halogens is 1. The van der Waals surface area contributed by atoms with E-state index in [0.29, 0.717) is 12.5 Å². The Bertz CT molecular complexity index is 1130. The summed E-state index contributed by atoms with van der Waals surface area (Å²) in [7, 11) is -3.76. The third-order valence-electron chi connectivity index (χ3n) is 4.62. The lowest BCUT2D eigenvalue weighted by atomic mass is 10.0. The van der Waals surface area contributed by atoms with Crippen LogP contribution in [0.4, 0.5) is 5.69 Å². The van der Waals surface area contributed by atoms with Gasteiger partial charge in [0.25, 0.3) is 15.9 Å². The molecule has 0 bridgehead atoms. The summed E-state index contributed by atoms with van der Waals surface area (Å²) in [6.07, 6.45) is 0. The second-order valence-corrected chi connectivity index (χ2v) is 9.28. The van der Waals surface area contributed by atoms with Crippen LogP contribution in [0.3, 0.4) is 0 Å². The fraction of sp³-hybridized carbons (Fsp3) is 0.174. The molecule has 1 amide bonds. The van der Waals surface area contributed by atoms with Gasteiger partial charge >= 0.3 is 0 Å². The van der Waals surface area contributed by atoms with Gasteiger partial charge in [-0.2, -0.15) is 0 Å². The van der Waals surface area contributed by atoms with Crippen LogP contribution in [0.25, 0.3) is 0 Å². The monoisotopic (exact) mass is 442 g/mol. The Morgan fingerprint density at radius 1 is 0.967 bits per heavy atom. The Kier molecular flexibility index (Phi) is 6.80. The van der Waals surface area contributed by atoms with Crippen molar-refractivity contribution < 1.29 is 13.2 Å². The molecule has 0 aliphatic heterocycles. The molecule has 156 valence electrons. The number of rotatable bonds is 7. The minimum Gasteiger partial charge on any atom is -0.348 e. The van der Waals surface area contributed by atoms with Crippen molar-refractivity contribution in [3.8, 4) is 0 Å². The van der Waals surface area contributed by atoms with Gasteiger partial charge in [-0.3, -0.25) is 9.52 Å². The maximum absolute atomic E-state index is 12.6. The molecule has 0 spiro atoms. The van der Waals surface area contributed by atoms with Crippen LogP contribution < -0.4 is 10.0 Å². The standard InChI is InChI=1S/C23H23ClN2O3S/c1-16(2)18-10-8-17(9-11-18)15-25-23(27)21-14-19(12-13-22(21)24)26-30(28,29)20-6-4-3-5-7-20/h3-14,16,26H,15H2,1-2H3,(H,25,27). The third-order valence-corrected chi connectivity index (χ3v) is 6.34. The average molecular weight is 443 g/mol. The predicted molar refractivity (Wildman–Crippen MR) is 120 cm³/mol. The van der Waals surface area contributed by atoms with Gasteiger partial charge in [-0.15, -0.1) is 0 Å². The van der Waals surface area contributed by atoms with Gasteiger partial charge in [0.15, 0.2) is 0 Å². The summed E-state index contributed by atoms with van der Waals surface area (Å²) < 4.78 is 27.5. The Labute approximate surface area is 182 Å². The van der Waals surface area contributed by atoms with Crippen molar-refractivity contribution in [1.82, 2.24) is 5.32 Å². The van der Waals surface area contributed by atoms with E-state index in [2.05, 4.69) is 23.9 Å². The molecule has 0 fully saturated rings. The molecule has 5 nitrogen and oxygen atoms in total. The Morgan fingerprint density at radius 2 is 1.63 bits per heavy atom. The highest BCUT2D eigenvalue weighted by atomic mass is 35.5. The lowest BCUT2D eigenvalue weighted by molar-refractivity contribution is 0.0951. The van der Waals surface area contributed by atoms with E-state index in [1.54, 1.807) is 18.2 Å². The van der Waals surface area contributed by atoms with E-state index in [1.165, 1.54) is 35.9 Å². The van der Waals surface area contributed by atoms with E-state index in [1.807, 2.05) is 24.3 Å². The normalized spacial score (nSPS) is 11.3. The highest BCUT2D eigenvalue weighted by molar-refractivity contribution is 7.92. The van der Waals surface area contributed by atoms with Gasteiger partial charge in [0.1, 0.15) is 0 Å². The zero-order chi connectivity index (χ0) is 21.7. The first-order chi connectivity index (χ1) is 14.3. The van der Waals surface area contributed by atoms with Crippen LogP contribution in [-0.4, -0.2) is 14.3 Å². The van der Waals surface area contributed by atoms with E-state index in [9.17, 15) is 13.2 Å². The summed E-state index contributed by atoms with van der Waals surface area (Å²) in [6.45, 7) is 4.59. The minimum absolute atomic E-state index is 0.135. The number of amides is 1. The van der Waals surface area contributed by atoms with Crippen LogP contribution in [0.2, 0.25) is 5.02 Å². The van der Waals surface area contributed by atoms with Gasteiger partial charge in [-0.05, 0) is 47.4 Å². The molecule has 2 N–H and O–H groups in total. The first-order valence-corrected chi connectivity index (χ1v) is 11.4. The average Bonchev–Trinajstić information content (AvgIpc) is 2.74. The molecule has 0 saturated carbocycles. The van der Waals surface area contributed by atoms with E-state index in [-0.39, 0.29) is 27.1 Å². The van der Waals surface area contributed by atoms with E-state index < -0.39 is 10.0 Å². The maximum Gasteiger partial charge on any atom is 0.261 e. The number of carbonyl (C=O) groups excluding carboxylic acids is 1. The SMILES string of the molecule is CC(C)c1ccc(CNC(=O)c2cc(NS(=O)(=O)c3ccccc3)ccc2Cl)cc1.